The van der Waals surface area contributed by atoms with Crippen LogP contribution in [0.3, 0.4) is 0 Å². The number of ether oxygens (including phenoxy) is 1. The van der Waals surface area contributed by atoms with Gasteiger partial charge in [0.2, 0.25) is 5.91 Å². The van der Waals surface area contributed by atoms with E-state index in [0.717, 1.165) is 25.0 Å². The number of carbonyl (C=O) groups excluding carboxylic acids is 1. The Hall–Kier alpha value is -1.88. The van der Waals surface area contributed by atoms with Crippen LogP contribution in [0, 0.1) is 0 Å². The summed E-state index contributed by atoms with van der Waals surface area (Å²) in [6.45, 7) is 1.26. The van der Waals surface area contributed by atoms with Crippen LogP contribution in [0.5, 0.6) is 0 Å². The maximum absolute atomic E-state index is 12.0. The predicted octanol–water partition coefficient (Wildman–Crippen LogP) is 1.93. The fourth-order valence-corrected chi connectivity index (χ4v) is 2.57. The molecule has 1 aromatic carbocycles. The zero-order chi connectivity index (χ0) is 15.1. The number of carboxylic acid groups (broad SMARTS) is 1. The molecule has 2 atom stereocenters. The first-order valence-corrected chi connectivity index (χ1v) is 7.30. The van der Waals surface area contributed by atoms with Crippen LogP contribution >= 0.6 is 0 Å². The van der Waals surface area contributed by atoms with Crippen molar-refractivity contribution in [2.75, 3.05) is 13.2 Å². The summed E-state index contributed by atoms with van der Waals surface area (Å²) in [6, 6.07) is 9.31. The molecule has 1 fully saturated rings. The van der Waals surface area contributed by atoms with Crippen LogP contribution in [-0.2, 0) is 14.3 Å². The first-order valence-electron chi connectivity index (χ1n) is 7.30. The standard InChI is InChI=1S/C16H21NO4/c18-15(17-11-14-7-4-8-21-14)9-13(10-16(19)20)12-5-2-1-3-6-12/h1-3,5-6,13-14H,4,7-11H2,(H,17,18)(H,19,20)/t13-,14-/m1/s1. The molecular weight excluding hydrogens is 270 g/mol. The van der Waals surface area contributed by atoms with Gasteiger partial charge in [-0.2, -0.15) is 0 Å². The molecule has 2 rings (SSSR count). The summed E-state index contributed by atoms with van der Waals surface area (Å²) in [5.74, 6) is -1.32. The van der Waals surface area contributed by atoms with Crippen LogP contribution in [0.1, 0.15) is 37.2 Å². The third kappa shape index (κ3) is 5.19. The van der Waals surface area contributed by atoms with Gasteiger partial charge in [-0.3, -0.25) is 9.59 Å². The van der Waals surface area contributed by atoms with E-state index in [1.807, 2.05) is 30.3 Å². The minimum absolute atomic E-state index is 0.0443. The molecule has 0 bridgehead atoms. The van der Waals surface area contributed by atoms with Gasteiger partial charge in [0, 0.05) is 25.5 Å². The van der Waals surface area contributed by atoms with Gasteiger partial charge in [0.05, 0.1) is 12.5 Å². The van der Waals surface area contributed by atoms with E-state index in [1.165, 1.54) is 0 Å². The molecular formula is C16H21NO4. The summed E-state index contributed by atoms with van der Waals surface area (Å²) in [7, 11) is 0. The summed E-state index contributed by atoms with van der Waals surface area (Å²) in [6.07, 6.45) is 2.24. The van der Waals surface area contributed by atoms with Gasteiger partial charge in [-0.1, -0.05) is 30.3 Å². The number of nitrogens with one attached hydrogen (secondary N) is 1. The van der Waals surface area contributed by atoms with Crippen molar-refractivity contribution in [1.29, 1.82) is 0 Å². The lowest BCUT2D eigenvalue weighted by atomic mass is 9.92. The van der Waals surface area contributed by atoms with Crippen LogP contribution < -0.4 is 5.32 Å². The van der Waals surface area contributed by atoms with Crippen molar-refractivity contribution in [3.63, 3.8) is 0 Å². The van der Waals surface area contributed by atoms with Crippen LogP contribution in [0.25, 0.3) is 0 Å². The molecule has 5 nitrogen and oxygen atoms in total. The second-order valence-electron chi connectivity index (χ2n) is 5.35. The Bertz CT molecular complexity index is 468. The van der Waals surface area contributed by atoms with Crippen molar-refractivity contribution in [3.8, 4) is 0 Å². The molecule has 0 saturated carbocycles. The minimum atomic E-state index is -0.893. The molecule has 1 aliphatic rings. The van der Waals surface area contributed by atoms with Crippen LogP contribution in [0.2, 0.25) is 0 Å². The highest BCUT2D eigenvalue weighted by Crippen LogP contribution is 2.23. The molecule has 21 heavy (non-hydrogen) atoms. The summed E-state index contributed by atoms with van der Waals surface area (Å²) in [5, 5.41) is 11.9. The van der Waals surface area contributed by atoms with E-state index in [4.69, 9.17) is 9.84 Å². The number of rotatable bonds is 7. The van der Waals surface area contributed by atoms with Crippen molar-refractivity contribution in [3.05, 3.63) is 35.9 Å². The molecule has 2 N–H and O–H groups in total. The monoisotopic (exact) mass is 291 g/mol. The third-order valence-electron chi connectivity index (χ3n) is 3.67. The van der Waals surface area contributed by atoms with Crippen molar-refractivity contribution >= 4 is 11.9 Å². The number of carboxylic acids is 1. The molecule has 0 unspecified atom stereocenters. The van der Waals surface area contributed by atoms with E-state index in [9.17, 15) is 9.59 Å². The van der Waals surface area contributed by atoms with E-state index in [-0.39, 0.29) is 30.8 Å². The lowest BCUT2D eigenvalue weighted by Crippen LogP contribution is -2.32. The quantitative estimate of drug-likeness (QED) is 0.805. The maximum atomic E-state index is 12.0. The average molecular weight is 291 g/mol. The van der Waals surface area contributed by atoms with Gasteiger partial charge in [-0.15, -0.1) is 0 Å². The lowest BCUT2D eigenvalue weighted by Gasteiger charge is -2.16. The summed E-state index contributed by atoms with van der Waals surface area (Å²) < 4.78 is 5.45. The smallest absolute Gasteiger partial charge is 0.303 e. The Balaban J connectivity index is 1.88. The molecule has 1 heterocycles. The SMILES string of the molecule is O=C(O)C[C@@H](CC(=O)NC[C@H]1CCCO1)c1ccccc1. The van der Waals surface area contributed by atoms with Gasteiger partial charge in [0.15, 0.2) is 0 Å². The van der Waals surface area contributed by atoms with E-state index in [1.54, 1.807) is 0 Å². The first-order chi connectivity index (χ1) is 10.1. The minimum Gasteiger partial charge on any atom is -0.481 e. The lowest BCUT2D eigenvalue weighted by molar-refractivity contribution is -0.137. The normalized spacial score (nSPS) is 19.1. The van der Waals surface area contributed by atoms with Gasteiger partial charge in [0.1, 0.15) is 0 Å². The number of carbonyl (C=O) groups is 2. The second-order valence-corrected chi connectivity index (χ2v) is 5.35. The fourth-order valence-electron chi connectivity index (χ4n) is 2.57. The molecule has 0 aliphatic carbocycles. The van der Waals surface area contributed by atoms with Crippen LogP contribution in [0.4, 0.5) is 0 Å². The molecule has 1 aromatic rings. The molecule has 0 spiro atoms. The van der Waals surface area contributed by atoms with Gasteiger partial charge in [-0.05, 0) is 18.4 Å². The van der Waals surface area contributed by atoms with E-state index >= 15 is 0 Å². The van der Waals surface area contributed by atoms with E-state index in [2.05, 4.69) is 5.32 Å². The van der Waals surface area contributed by atoms with Crippen molar-refractivity contribution in [2.24, 2.45) is 0 Å². The highest BCUT2D eigenvalue weighted by molar-refractivity contribution is 5.78. The van der Waals surface area contributed by atoms with Gasteiger partial charge >= 0.3 is 5.97 Å². The highest BCUT2D eigenvalue weighted by atomic mass is 16.5. The Morgan fingerprint density at radius 2 is 2.05 bits per heavy atom. The number of amides is 1. The largest absolute Gasteiger partial charge is 0.481 e. The summed E-state index contributed by atoms with van der Waals surface area (Å²) in [5.41, 5.74) is 0.882. The summed E-state index contributed by atoms with van der Waals surface area (Å²) in [4.78, 5) is 23.0. The molecule has 1 amide bonds. The average Bonchev–Trinajstić information content (AvgIpc) is 2.98. The fraction of sp³-hybridized carbons (Fsp3) is 0.500. The maximum Gasteiger partial charge on any atom is 0.303 e. The van der Waals surface area contributed by atoms with Crippen LogP contribution in [-0.4, -0.2) is 36.2 Å². The first kappa shape index (κ1) is 15.5. The Morgan fingerprint density at radius 3 is 2.67 bits per heavy atom. The molecule has 5 heteroatoms. The topological polar surface area (TPSA) is 75.6 Å². The Morgan fingerprint density at radius 1 is 1.29 bits per heavy atom. The van der Waals surface area contributed by atoms with Crippen LogP contribution in [0.15, 0.2) is 30.3 Å². The number of benzene rings is 1. The van der Waals surface area contributed by atoms with Gasteiger partial charge in [0.25, 0.3) is 0 Å². The number of hydrogen-bond donors (Lipinski definition) is 2. The van der Waals surface area contributed by atoms with Gasteiger partial charge in [-0.25, -0.2) is 0 Å². The molecule has 1 aliphatic heterocycles. The van der Waals surface area contributed by atoms with Gasteiger partial charge < -0.3 is 15.2 Å². The Kier molecular flexibility index (Phi) is 5.75. The molecule has 0 aromatic heterocycles. The highest BCUT2D eigenvalue weighted by Gasteiger charge is 2.21. The zero-order valence-electron chi connectivity index (χ0n) is 12.0. The Labute approximate surface area is 124 Å². The summed E-state index contributed by atoms with van der Waals surface area (Å²) >= 11 is 0. The van der Waals surface area contributed by atoms with Crippen molar-refractivity contribution in [1.82, 2.24) is 5.32 Å². The molecule has 114 valence electrons. The number of aliphatic carboxylic acids is 1. The molecule has 1 saturated heterocycles. The van der Waals surface area contributed by atoms with E-state index < -0.39 is 5.97 Å². The second kappa shape index (κ2) is 7.78. The van der Waals surface area contributed by atoms with Crippen molar-refractivity contribution in [2.45, 2.75) is 37.7 Å². The third-order valence-corrected chi connectivity index (χ3v) is 3.67. The molecule has 0 radical (unpaired) electrons. The number of hydrogen-bond acceptors (Lipinski definition) is 3. The van der Waals surface area contributed by atoms with E-state index in [0.29, 0.717) is 6.54 Å². The zero-order valence-corrected chi connectivity index (χ0v) is 12.0. The van der Waals surface area contributed by atoms with Crippen molar-refractivity contribution < 1.29 is 19.4 Å². The predicted molar refractivity (Wildman–Crippen MR) is 78.0 cm³/mol.